The number of rotatable bonds is 14. The minimum absolute atomic E-state index is 0.114. The Morgan fingerprint density at radius 3 is 2.38 bits per heavy atom. The molecule has 0 fully saturated rings. The standard InChI is InChI=1S/C37H35Cl2N3O5/c1-5-7-28-18-27(20-35(44-6-2)36(28)46-22-26-10-16-32(38)33(39)19-26)21-40-41-37(43)34-17-15-31(47-34)23-45-30-13-11-29(12-14-30)42-24(3)8-9-25(42)4/h5,8-21H,1,6-7,22-23H2,2-4H3,(H,41,43)/b40-21+. The molecule has 3 aromatic carbocycles. The first kappa shape index (κ1) is 33.4. The molecule has 0 aliphatic heterocycles. The van der Waals surface area contributed by atoms with Gasteiger partial charge in [-0.2, -0.15) is 5.10 Å². The van der Waals surface area contributed by atoms with Gasteiger partial charge in [-0.1, -0.05) is 35.3 Å². The number of amides is 1. The van der Waals surface area contributed by atoms with Crippen LogP contribution in [0, 0.1) is 13.8 Å². The highest BCUT2D eigenvalue weighted by Crippen LogP contribution is 2.35. The second-order valence-electron chi connectivity index (χ2n) is 10.7. The van der Waals surface area contributed by atoms with Crippen molar-refractivity contribution in [3.8, 4) is 22.9 Å². The lowest BCUT2D eigenvalue weighted by Crippen LogP contribution is -2.16. The first-order valence-corrected chi connectivity index (χ1v) is 15.8. The van der Waals surface area contributed by atoms with Gasteiger partial charge in [-0.3, -0.25) is 4.79 Å². The third-order valence-electron chi connectivity index (χ3n) is 7.20. The van der Waals surface area contributed by atoms with Gasteiger partial charge in [-0.05, 0) is 111 Å². The highest BCUT2D eigenvalue weighted by atomic mass is 35.5. The monoisotopic (exact) mass is 671 g/mol. The normalized spacial score (nSPS) is 11.1. The van der Waals surface area contributed by atoms with Gasteiger partial charge in [0.1, 0.15) is 24.7 Å². The number of aromatic nitrogens is 1. The van der Waals surface area contributed by atoms with E-state index in [1.165, 1.54) is 6.21 Å². The van der Waals surface area contributed by atoms with E-state index in [9.17, 15) is 4.79 Å². The predicted molar refractivity (Wildman–Crippen MR) is 186 cm³/mol. The smallest absolute Gasteiger partial charge is 0.307 e. The molecule has 0 atom stereocenters. The molecule has 242 valence electrons. The summed E-state index contributed by atoms with van der Waals surface area (Å²) in [7, 11) is 0. The van der Waals surface area contributed by atoms with Gasteiger partial charge in [0.05, 0.1) is 22.9 Å². The van der Waals surface area contributed by atoms with Gasteiger partial charge >= 0.3 is 5.91 Å². The fourth-order valence-corrected chi connectivity index (χ4v) is 5.32. The molecule has 1 N–H and O–H groups in total. The van der Waals surface area contributed by atoms with Crippen molar-refractivity contribution < 1.29 is 23.4 Å². The van der Waals surface area contributed by atoms with Crippen molar-refractivity contribution in [1.29, 1.82) is 0 Å². The molecule has 0 aliphatic carbocycles. The molecular weight excluding hydrogens is 637 g/mol. The first-order valence-electron chi connectivity index (χ1n) is 15.0. The largest absolute Gasteiger partial charge is 0.490 e. The third-order valence-corrected chi connectivity index (χ3v) is 7.94. The number of benzene rings is 3. The summed E-state index contributed by atoms with van der Waals surface area (Å²) in [6, 6.07) is 24.3. The number of hydrogen-bond donors (Lipinski definition) is 1. The van der Waals surface area contributed by atoms with Crippen LogP contribution in [0.3, 0.4) is 0 Å². The number of carbonyl (C=O) groups excluding carboxylic acids is 1. The van der Waals surface area contributed by atoms with Crippen molar-refractivity contribution in [3.05, 3.63) is 141 Å². The molecule has 0 saturated carbocycles. The summed E-state index contributed by atoms with van der Waals surface area (Å²) in [5.74, 6) is 1.95. The Kier molecular flexibility index (Phi) is 11.1. The molecule has 8 nitrogen and oxygen atoms in total. The maximum atomic E-state index is 12.7. The van der Waals surface area contributed by atoms with Gasteiger partial charge in [-0.25, -0.2) is 5.43 Å². The first-order chi connectivity index (χ1) is 22.7. The van der Waals surface area contributed by atoms with Gasteiger partial charge in [0, 0.05) is 22.6 Å². The van der Waals surface area contributed by atoms with Crippen molar-refractivity contribution in [3.63, 3.8) is 0 Å². The minimum atomic E-state index is -0.493. The van der Waals surface area contributed by atoms with E-state index in [-0.39, 0.29) is 19.0 Å². The van der Waals surface area contributed by atoms with E-state index in [0.29, 0.717) is 51.6 Å². The molecule has 5 aromatic rings. The molecule has 0 spiro atoms. The van der Waals surface area contributed by atoms with E-state index in [4.69, 9.17) is 41.8 Å². The molecule has 47 heavy (non-hydrogen) atoms. The van der Waals surface area contributed by atoms with Crippen LogP contribution in [0.5, 0.6) is 17.2 Å². The van der Waals surface area contributed by atoms with E-state index < -0.39 is 5.91 Å². The Morgan fingerprint density at radius 2 is 1.68 bits per heavy atom. The second kappa shape index (κ2) is 15.6. The number of allylic oxidation sites excluding steroid dienone is 1. The van der Waals surface area contributed by atoms with E-state index in [1.807, 2.05) is 43.3 Å². The molecule has 0 aliphatic rings. The van der Waals surface area contributed by atoms with Crippen molar-refractivity contribution >= 4 is 35.3 Å². The number of nitrogens with one attached hydrogen (secondary N) is 1. The molecule has 5 rings (SSSR count). The van der Waals surface area contributed by atoms with Crippen LogP contribution < -0.4 is 19.6 Å². The zero-order chi connectivity index (χ0) is 33.3. The van der Waals surface area contributed by atoms with Gasteiger partial charge in [-0.15, -0.1) is 6.58 Å². The van der Waals surface area contributed by atoms with Crippen LogP contribution in [0.25, 0.3) is 5.69 Å². The number of nitrogens with zero attached hydrogens (tertiary/aromatic N) is 2. The van der Waals surface area contributed by atoms with Crippen molar-refractivity contribution in [2.45, 2.75) is 40.4 Å². The molecule has 2 aromatic heterocycles. The summed E-state index contributed by atoms with van der Waals surface area (Å²) in [5.41, 5.74) is 8.31. The van der Waals surface area contributed by atoms with E-state index in [0.717, 1.165) is 28.2 Å². The van der Waals surface area contributed by atoms with Crippen LogP contribution in [0.1, 0.15) is 51.3 Å². The van der Waals surface area contributed by atoms with Crippen molar-refractivity contribution in [2.75, 3.05) is 6.61 Å². The molecule has 1 amide bonds. The van der Waals surface area contributed by atoms with Crippen LogP contribution in [-0.2, 0) is 19.6 Å². The summed E-state index contributed by atoms with van der Waals surface area (Å²) in [4.78, 5) is 12.7. The molecule has 10 heteroatoms. The number of halogens is 2. The summed E-state index contributed by atoms with van der Waals surface area (Å²) >= 11 is 12.2. The molecule has 0 unspecified atom stereocenters. The highest BCUT2D eigenvalue weighted by molar-refractivity contribution is 6.42. The Balaban J connectivity index is 1.20. The average molecular weight is 673 g/mol. The average Bonchev–Trinajstić information content (AvgIpc) is 3.67. The quantitative estimate of drug-likeness (QED) is 0.0723. The van der Waals surface area contributed by atoms with Crippen molar-refractivity contribution in [1.82, 2.24) is 9.99 Å². The second-order valence-corrected chi connectivity index (χ2v) is 11.5. The van der Waals surface area contributed by atoms with Crippen LogP contribution in [0.2, 0.25) is 10.0 Å². The number of hydrazone groups is 1. The van der Waals surface area contributed by atoms with Crippen LogP contribution >= 0.6 is 23.2 Å². The topological polar surface area (TPSA) is 87.2 Å². The van der Waals surface area contributed by atoms with Gasteiger partial charge in [0.25, 0.3) is 0 Å². The molecule has 0 bridgehead atoms. The van der Waals surface area contributed by atoms with Crippen molar-refractivity contribution in [2.24, 2.45) is 5.10 Å². The van der Waals surface area contributed by atoms with Gasteiger partial charge < -0.3 is 23.2 Å². The Labute approximate surface area is 284 Å². The zero-order valence-electron chi connectivity index (χ0n) is 26.4. The molecular formula is C37H35Cl2N3O5. The number of hydrogen-bond acceptors (Lipinski definition) is 6. The Morgan fingerprint density at radius 1 is 0.915 bits per heavy atom. The fourth-order valence-electron chi connectivity index (χ4n) is 5.00. The lowest BCUT2D eigenvalue weighted by molar-refractivity contribution is 0.0923. The maximum absolute atomic E-state index is 12.7. The number of aryl methyl sites for hydroxylation is 2. The Bertz CT molecular complexity index is 1870. The zero-order valence-corrected chi connectivity index (χ0v) is 27.9. The summed E-state index contributed by atoms with van der Waals surface area (Å²) in [6.07, 6.45) is 3.83. The summed E-state index contributed by atoms with van der Waals surface area (Å²) < 4.78 is 25.8. The van der Waals surface area contributed by atoms with E-state index >= 15 is 0 Å². The molecule has 0 saturated heterocycles. The summed E-state index contributed by atoms with van der Waals surface area (Å²) in [5, 5.41) is 5.07. The highest BCUT2D eigenvalue weighted by Gasteiger charge is 2.15. The minimum Gasteiger partial charge on any atom is -0.490 e. The SMILES string of the molecule is C=CCc1cc(/C=N/NC(=O)c2ccc(COc3ccc(-n4c(C)ccc4C)cc3)o2)cc(OCC)c1OCc1ccc(Cl)c(Cl)c1. The molecule has 0 radical (unpaired) electrons. The van der Waals surface area contributed by atoms with E-state index in [1.54, 1.807) is 36.4 Å². The fraction of sp³-hybridized carbons (Fsp3) is 0.189. The molecule has 2 heterocycles. The van der Waals surface area contributed by atoms with Crippen LogP contribution in [0.4, 0.5) is 0 Å². The summed E-state index contributed by atoms with van der Waals surface area (Å²) in [6.45, 7) is 10.8. The number of ether oxygens (including phenoxy) is 3. The predicted octanol–water partition coefficient (Wildman–Crippen LogP) is 9.04. The van der Waals surface area contributed by atoms with Gasteiger partial charge in [0.15, 0.2) is 17.3 Å². The number of furan rings is 1. The van der Waals surface area contributed by atoms with Gasteiger partial charge in [0.2, 0.25) is 0 Å². The van der Waals surface area contributed by atoms with Crippen LogP contribution in [-0.4, -0.2) is 23.3 Å². The maximum Gasteiger partial charge on any atom is 0.307 e. The van der Waals surface area contributed by atoms with E-state index in [2.05, 4.69) is 47.7 Å². The third kappa shape index (κ3) is 8.47. The lowest BCUT2D eigenvalue weighted by atomic mass is 10.1. The number of carbonyl (C=O) groups is 1. The lowest BCUT2D eigenvalue weighted by Gasteiger charge is -2.17. The Hall–Kier alpha value is -4.92. The van der Waals surface area contributed by atoms with Crippen LogP contribution in [0.15, 0.2) is 101 Å².